The van der Waals surface area contributed by atoms with Crippen LogP contribution in [0.15, 0.2) is 24.3 Å². The Morgan fingerprint density at radius 1 is 1.30 bits per heavy atom. The number of hydrogen-bond donors (Lipinski definition) is 0. The fraction of sp³-hybridized carbons (Fsp3) is 0.611. The van der Waals surface area contributed by atoms with Gasteiger partial charge in [-0.2, -0.15) is 0 Å². The maximum atomic E-state index is 13.1. The molecule has 0 saturated carbocycles. The van der Waals surface area contributed by atoms with E-state index in [4.69, 9.17) is 4.74 Å². The average Bonchev–Trinajstić information content (AvgIpc) is 2.73. The van der Waals surface area contributed by atoms with Gasteiger partial charge in [0, 0.05) is 43.2 Å². The summed E-state index contributed by atoms with van der Waals surface area (Å²) in [6.45, 7) is 8.19. The number of carbonyl (C=O) groups is 1. The second kappa shape index (κ2) is 6.57. The molecule has 1 spiro atoms. The van der Waals surface area contributed by atoms with Crippen LogP contribution in [0.2, 0.25) is 0 Å². The van der Waals surface area contributed by atoms with Crippen LogP contribution < -0.4 is 4.90 Å². The predicted molar refractivity (Wildman–Crippen MR) is 87.9 cm³/mol. The molecule has 2 heterocycles. The molecule has 0 aromatic heterocycles. The van der Waals surface area contributed by atoms with Crippen molar-refractivity contribution in [2.45, 2.75) is 32.7 Å². The van der Waals surface area contributed by atoms with Crippen molar-refractivity contribution in [2.75, 3.05) is 37.7 Å². The number of carbonyl (C=O) groups excluding carboxylic acids is 1. The van der Waals surface area contributed by atoms with Gasteiger partial charge in [-0.05, 0) is 37.6 Å². The van der Waals surface area contributed by atoms with Gasteiger partial charge in [0.1, 0.15) is 5.82 Å². The lowest BCUT2D eigenvalue weighted by Crippen LogP contribution is -2.44. The van der Waals surface area contributed by atoms with Gasteiger partial charge in [-0.1, -0.05) is 6.92 Å². The van der Waals surface area contributed by atoms with Crippen LogP contribution in [0.25, 0.3) is 0 Å². The minimum absolute atomic E-state index is 0.103. The van der Waals surface area contributed by atoms with Gasteiger partial charge in [-0.3, -0.25) is 9.69 Å². The zero-order chi connectivity index (χ0) is 16.4. The Hall–Kier alpha value is -1.46. The Bertz CT molecular complexity index is 563. The maximum absolute atomic E-state index is 13.1. The summed E-state index contributed by atoms with van der Waals surface area (Å²) >= 11 is 0. The van der Waals surface area contributed by atoms with E-state index >= 15 is 0 Å². The molecule has 1 aromatic carbocycles. The summed E-state index contributed by atoms with van der Waals surface area (Å²) in [5.41, 5.74) is 0.610. The molecule has 126 valence electrons. The van der Waals surface area contributed by atoms with E-state index in [1.54, 1.807) is 17.0 Å². The second-order valence-corrected chi connectivity index (χ2v) is 6.91. The third-order valence-corrected chi connectivity index (χ3v) is 5.14. The van der Waals surface area contributed by atoms with Crippen molar-refractivity contribution >= 4 is 11.6 Å². The average molecular weight is 320 g/mol. The van der Waals surface area contributed by atoms with E-state index in [0.717, 1.165) is 31.8 Å². The second-order valence-electron chi connectivity index (χ2n) is 6.91. The normalized spacial score (nSPS) is 27.4. The van der Waals surface area contributed by atoms with Crippen molar-refractivity contribution in [3.63, 3.8) is 0 Å². The molecule has 3 rings (SSSR count). The summed E-state index contributed by atoms with van der Waals surface area (Å²) in [6.07, 6.45) is 1.59. The van der Waals surface area contributed by atoms with Crippen LogP contribution in [-0.2, 0) is 9.53 Å². The minimum Gasteiger partial charge on any atom is -0.379 e. The first kappa shape index (κ1) is 16.4. The highest BCUT2D eigenvalue weighted by Crippen LogP contribution is 2.37. The Morgan fingerprint density at radius 3 is 2.74 bits per heavy atom. The van der Waals surface area contributed by atoms with E-state index in [1.165, 1.54) is 12.1 Å². The molecule has 0 N–H and O–H groups in total. The Kier molecular flexibility index (Phi) is 4.69. The Morgan fingerprint density at radius 2 is 2.04 bits per heavy atom. The van der Waals surface area contributed by atoms with E-state index in [1.807, 2.05) is 0 Å². The van der Waals surface area contributed by atoms with Crippen molar-refractivity contribution in [2.24, 2.45) is 5.41 Å². The third-order valence-electron chi connectivity index (χ3n) is 5.14. The van der Waals surface area contributed by atoms with Crippen LogP contribution in [-0.4, -0.2) is 49.7 Å². The zero-order valence-electron chi connectivity index (χ0n) is 13.9. The van der Waals surface area contributed by atoms with Gasteiger partial charge in [0.15, 0.2) is 0 Å². The van der Waals surface area contributed by atoms with E-state index in [0.29, 0.717) is 25.6 Å². The molecule has 1 amide bonds. The Labute approximate surface area is 137 Å². The smallest absolute Gasteiger partial charge is 0.227 e. The predicted octanol–water partition coefficient (Wildman–Crippen LogP) is 2.68. The summed E-state index contributed by atoms with van der Waals surface area (Å²) in [4.78, 5) is 16.8. The lowest BCUT2D eigenvalue weighted by atomic mass is 9.87. The van der Waals surface area contributed by atoms with Crippen LogP contribution in [0, 0.1) is 11.2 Å². The van der Waals surface area contributed by atoms with E-state index < -0.39 is 0 Å². The van der Waals surface area contributed by atoms with E-state index in [-0.39, 0.29) is 17.1 Å². The molecule has 0 aliphatic carbocycles. The third kappa shape index (κ3) is 3.40. The lowest BCUT2D eigenvalue weighted by molar-refractivity contribution is -0.118. The van der Waals surface area contributed by atoms with Crippen molar-refractivity contribution in [3.8, 4) is 0 Å². The van der Waals surface area contributed by atoms with Crippen LogP contribution in [0.5, 0.6) is 0 Å². The van der Waals surface area contributed by atoms with Gasteiger partial charge in [-0.15, -0.1) is 0 Å². The summed E-state index contributed by atoms with van der Waals surface area (Å²) in [7, 11) is 0. The van der Waals surface area contributed by atoms with Gasteiger partial charge in [0.05, 0.1) is 13.2 Å². The summed E-state index contributed by atoms with van der Waals surface area (Å²) in [5.74, 6) is -0.179. The van der Waals surface area contributed by atoms with Crippen molar-refractivity contribution in [1.82, 2.24) is 4.90 Å². The maximum Gasteiger partial charge on any atom is 0.227 e. The molecule has 2 fully saturated rings. The number of anilines is 1. The molecule has 2 atom stereocenters. The molecule has 1 aromatic rings. The highest BCUT2D eigenvalue weighted by molar-refractivity contribution is 5.96. The van der Waals surface area contributed by atoms with Crippen LogP contribution in [0.1, 0.15) is 26.7 Å². The molecule has 2 aliphatic rings. The fourth-order valence-electron chi connectivity index (χ4n) is 3.62. The van der Waals surface area contributed by atoms with E-state index in [2.05, 4.69) is 18.7 Å². The number of ether oxygens (including phenoxy) is 1. The zero-order valence-corrected chi connectivity index (χ0v) is 13.9. The molecular weight excluding hydrogens is 295 g/mol. The number of amides is 1. The lowest BCUT2D eigenvalue weighted by Gasteiger charge is -2.34. The molecule has 5 heteroatoms. The first-order chi connectivity index (χ1) is 11.0. The summed E-state index contributed by atoms with van der Waals surface area (Å²) in [5, 5.41) is 0. The van der Waals surface area contributed by atoms with Crippen LogP contribution in [0.4, 0.5) is 10.1 Å². The minimum atomic E-state index is -0.282. The molecule has 4 nitrogen and oxygen atoms in total. The highest BCUT2D eigenvalue weighted by Gasteiger charge is 2.46. The van der Waals surface area contributed by atoms with Gasteiger partial charge in [-0.25, -0.2) is 4.39 Å². The molecule has 2 aliphatic heterocycles. The van der Waals surface area contributed by atoms with E-state index in [9.17, 15) is 9.18 Å². The molecule has 23 heavy (non-hydrogen) atoms. The topological polar surface area (TPSA) is 32.8 Å². The van der Waals surface area contributed by atoms with Crippen molar-refractivity contribution in [1.29, 1.82) is 0 Å². The van der Waals surface area contributed by atoms with Gasteiger partial charge in [0.2, 0.25) is 5.91 Å². The van der Waals surface area contributed by atoms with Gasteiger partial charge < -0.3 is 9.64 Å². The number of nitrogens with zero attached hydrogens (tertiary/aromatic N) is 2. The standard InChI is InChI=1S/C18H25FN2O2/c1-3-14(2)20-8-9-23-13-18(11-20)10-17(22)21(12-18)16-6-4-15(19)5-7-16/h4-7,14H,3,8-13H2,1-2H3/t14-,18-/m0/s1. The number of rotatable bonds is 3. The first-order valence-electron chi connectivity index (χ1n) is 8.41. The molecular formula is C18H25FN2O2. The summed E-state index contributed by atoms with van der Waals surface area (Å²) < 4.78 is 18.9. The largest absolute Gasteiger partial charge is 0.379 e. The molecule has 2 saturated heterocycles. The Balaban J connectivity index is 1.80. The monoisotopic (exact) mass is 320 g/mol. The highest BCUT2D eigenvalue weighted by atomic mass is 19.1. The van der Waals surface area contributed by atoms with Crippen LogP contribution >= 0.6 is 0 Å². The van der Waals surface area contributed by atoms with Crippen LogP contribution in [0.3, 0.4) is 0 Å². The quantitative estimate of drug-likeness (QED) is 0.858. The van der Waals surface area contributed by atoms with Gasteiger partial charge in [0.25, 0.3) is 0 Å². The first-order valence-corrected chi connectivity index (χ1v) is 8.41. The van der Waals surface area contributed by atoms with Crippen molar-refractivity contribution < 1.29 is 13.9 Å². The molecule has 0 bridgehead atoms. The van der Waals surface area contributed by atoms with Crippen molar-refractivity contribution in [3.05, 3.63) is 30.1 Å². The number of hydrogen-bond acceptors (Lipinski definition) is 3. The fourth-order valence-corrected chi connectivity index (χ4v) is 3.62. The van der Waals surface area contributed by atoms with Gasteiger partial charge >= 0.3 is 0 Å². The molecule has 0 unspecified atom stereocenters. The number of benzene rings is 1. The number of halogens is 1. The summed E-state index contributed by atoms with van der Waals surface area (Å²) in [6, 6.07) is 6.65. The SMILES string of the molecule is CC[C@H](C)N1CCOC[C@@]2(CC(=O)N(c3ccc(F)cc3)C2)C1. The molecule has 0 radical (unpaired) electrons.